The van der Waals surface area contributed by atoms with Crippen LogP contribution in [-0.4, -0.2) is 53.7 Å². The number of piperidine rings is 1. The lowest BCUT2D eigenvalue weighted by atomic mass is 9.85. The molecule has 1 rings (SSSR count). The molecular formula is C13H26N2O4. The monoisotopic (exact) mass is 274 g/mol. The Morgan fingerprint density at radius 2 is 2.16 bits per heavy atom. The highest BCUT2D eigenvalue weighted by Gasteiger charge is 2.42. The summed E-state index contributed by atoms with van der Waals surface area (Å²) in [5, 5.41) is 25.2. The Balaban J connectivity index is 2.71. The number of aliphatic hydroxyl groups excluding tert-OH is 2. The van der Waals surface area contributed by atoms with Crippen molar-refractivity contribution < 1.29 is 19.7 Å². The van der Waals surface area contributed by atoms with Crippen molar-refractivity contribution in [2.75, 3.05) is 13.2 Å². The van der Waals surface area contributed by atoms with Crippen molar-refractivity contribution in [2.45, 2.75) is 58.0 Å². The molecule has 5 unspecified atom stereocenters. The van der Waals surface area contributed by atoms with Gasteiger partial charge in [0.05, 0.1) is 24.8 Å². The van der Waals surface area contributed by atoms with E-state index in [0.29, 0.717) is 6.61 Å². The van der Waals surface area contributed by atoms with Crippen LogP contribution in [0.15, 0.2) is 0 Å². The lowest BCUT2D eigenvalue weighted by Gasteiger charge is -2.44. The number of rotatable bonds is 6. The van der Waals surface area contributed by atoms with Gasteiger partial charge in [0.1, 0.15) is 6.23 Å². The second-order valence-electron chi connectivity index (χ2n) is 5.18. The first-order chi connectivity index (χ1) is 9.01. The van der Waals surface area contributed by atoms with Crippen LogP contribution in [0.3, 0.4) is 0 Å². The van der Waals surface area contributed by atoms with Crippen molar-refractivity contribution >= 4 is 5.91 Å². The zero-order chi connectivity index (χ0) is 14.4. The van der Waals surface area contributed by atoms with E-state index in [1.54, 1.807) is 0 Å². The Labute approximate surface area is 114 Å². The predicted octanol–water partition coefficient (Wildman–Crippen LogP) is -0.405. The maximum atomic E-state index is 11.3. The summed E-state index contributed by atoms with van der Waals surface area (Å²) in [5.41, 5.74) is 0. The molecule has 1 aliphatic rings. The second kappa shape index (κ2) is 7.79. The number of unbranched alkanes of at least 4 members (excludes halogenated alkanes) is 1. The topological polar surface area (TPSA) is 90.8 Å². The molecule has 1 fully saturated rings. The normalized spacial score (nSPS) is 35.1. The molecule has 0 aliphatic carbocycles. The van der Waals surface area contributed by atoms with Gasteiger partial charge in [-0.3, -0.25) is 10.1 Å². The van der Waals surface area contributed by atoms with Gasteiger partial charge in [0.15, 0.2) is 0 Å². The van der Waals surface area contributed by atoms with Crippen LogP contribution in [0.4, 0.5) is 0 Å². The number of carbonyl (C=O) groups is 1. The average Bonchev–Trinajstić information content (AvgIpc) is 2.37. The summed E-state index contributed by atoms with van der Waals surface area (Å²) < 4.78 is 5.74. The van der Waals surface area contributed by atoms with Gasteiger partial charge in [0, 0.05) is 19.4 Å². The van der Waals surface area contributed by atoms with E-state index in [4.69, 9.17) is 4.74 Å². The molecule has 6 nitrogen and oxygen atoms in total. The van der Waals surface area contributed by atoms with E-state index in [-0.39, 0.29) is 30.7 Å². The highest BCUT2D eigenvalue weighted by atomic mass is 16.5. The maximum Gasteiger partial charge on any atom is 0.217 e. The molecule has 5 atom stereocenters. The van der Waals surface area contributed by atoms with Crippen LogP contribution in [0.25, 0.3) is 0 Å². The molecule has 112 valence electrons. The molecule has 1 saturated heterocycles. The highest BCUT2D eigenvalue weighted by Crippen LogP contribution is 2.22. The third-order valence-electron chi connectivity index (χ3n) is 3.58. The summed E-state index contributed by atoms with van der Waals surface area (Å²) >= 11 is 0. The minimum absolute atomic E-state index is 0.155. The van der Waals surface area contributed by atoms with Crippen molar-refractivity contribution in [3.63, 3.8) is 0 Å². The molecule has 1 amide bonds. The first-order valence-corrected chi connectivity index (χ1v) is 6.94. The maximum absolute atomic E-state index is 11.3. The van der Waals surface area contributed by atoms with E-state index >= 15 is 0 Å². The van der Waals surface area contributed by atoms with Crippen LogP contribution in [-0.2, 0) is 9.53 Å². The van der Waals surface area contributed by atoms with Crippen molar-refractivity contribution in [1.29, 1.82) is 0 Å². The standard InChI is InChI=1S/C13H26N2O4/c1-4-5-6-19-13-11(14-9(3)17)8(2)12(18)10(7-16)15-13/h8,10-13,15-16,18H,4-7H2,1-3H3,(H,14,17). The van der Waals surface area contributed by atoms with Gasteiger partial charge in [0.25, 0.3) is 0 Å². The van der Waals surface area contributed by atoms with Crippen molar-refractivity contribution in [2.24, 2.45) is 5.92 Å². The van der Waals surface area contributed by atoms with E-state index in [1.165, 1.54) is 6.92 Å². The SMILES string of the molecule is CCCCOC1NC(CO)C(O)C(C)C1NC(C)=O. The van der Waals surface area contributed by atoms with Gasteiger partial charge < -0.3 is 20.3 Å². The van der Waals surface area contributed by atoms with Crippen LogP contribution in [0.1, 0.15) is 33.6 Å². The zero-order valence-electron chi connectivity index (χ0n) is 11.9. The number of ether oxygens (including phenoxy) is 1. The molecule has 4 N–H and O–H groups in total. The zero-order valence-corrected chi connectivity index (χ0v) is 11.9. The van der Waals surface area contributed by atoms with Gasteiger partial charge in [-0.25, -0.2) is 0 Å². The van der Waals surface area contributed by atoms with E-state index < -0.39 is 12.1 Å². The predicted molar refractivity (Wildman–Crippen MR) is 71.4 cm³/mol. The Hall–Kier alpha value is -0.690. The highest BCUT2D eigenvalue weighted by molar-refractivity contribution is 5.73. The minimum Gasteiger partial charge on any atom is -0.395 e. The quantitative estimate of drug-likeness (QED) is 0.495. The number of aliphatic hydroxyl groups is 2. The average molecular weight is 274 g/mol. The fourth-order valence-electron chi connectivity index (χ4n) is 2.38. The molecule has 19 heavy (non-hydrogen) atoms. The summed E-state index contributed by atoms with van der Waals surface area (Å²) in [6, 6.07) is -0.723. The van der Waals surface area contributed by atoms with Crippen LogP contribution in [0, 0.1) is 5.92 Å². The summed E-state index contributed by atoms with van der Waals surface area (Å²) in [4.78, 5) is 11.3. The lowest BCUT2D eigenvalue weighted by molar-refractivity contribution is -0.128. The van der Waals surface area contributed by atoms with Crippen molar-refractivity contribution in [3.8, 4) is 0 Å². The van der Waals surface area contributed by atoms with Crippen LogP contribution in [0.5, 0.6) is 0 Å². The van der Waals surface area contributed by atoms with Gasteiger partial charge in [-0.1, -0.05) is 20.3 Å². The molecule has 0 spiro atoms. The first kappa shape index (κ1) is 16.4. The molecule has 0 aromatic heterocycles. The first-order valence-electron chi connectivity index (χ1n) is 6.94. The number of hydrogen-bond acceptors (Lipinski definition) is 5. The summed E-state index contributed by atoms with van der Waals surface area (Å²) in [6.45, 7) is 5.80. The van der Waals surface area contributed by atoms with E-state index in [9.17, 15) is 15.0 Å². The van der Waals surface area contributed by atoms with E-state index in [1.807, 2.05) is 6.92 Å². The van der Waals surface area contributed by atoms with E-state index in [2.05, 4.69) is 17.6 Å². The van der Waals surface area contributed by atoms with Crippen molar-refractivity contribution in [3.05, 3.63) is 0 Å². The largest absolute Gasteiger partial charge is 0.395 e. The van der Waals surface area contributed by atoms with Gasteiger partial charge in [-0.15, -0.1) is 0 Å². The summed E-state index contributed by atoms with van der Waals surface area (Å²) in [7, 11) is 0. The molecule has 0 saturated carbocycles. The molecule has 0 aromatic carbocycles. The number of carbonyl (C=O) groups excluding carboxylic acids is 1. The van der Waals surface area contributed by atoms with Gasteiger partial charge in [-0.05, 0) is 6.42 Å². The van der Waals surface area contributed by atoms with Crippen LogP contribution < -0.4 is 10.6 Å². The van der Waals surface area contributed by atoms with Gasteiger partial charge in [0.2, 0.25) is 5.91 Å². The van der Waals surface area contributed by atoms with Gasteiger partial charge >= 0.3 is 0 Å². The minimum atomic E-state index is -0.715. The fourth-order valence-corrected chi connectivity index (χ4v) is 2.38. The summed E-state index contributed by atoms with van der Waals surface area (Å²) in [5.74, 6) is -0.341. The second-order valence-corrected chi connectivity index (χ2v) is 5.18. The lowest BCUT2D eigenvalue weighted by Crippen LogP contribution is -2.67. The third-order valence-corrected chi connectivity index (χ3v) is 3.58. The van der Waals surface area contributed by atoms with Gasteiger partial charge in [-0.2, -0.15) is 0 Å². The molecule has 1 heterocycles. The Morgan fingerprint density at radius 3 is 2.68 bits per heavy atom. The Morgan fingerprint density at radius 1 is 1.47 bits per heavy atom. The molecule has 6 heteroatoms. The number of nitrogens with one attached hydrogen (secondary N) is 2. The smallest absolute Gasteiger partial charge is 0.217 e. The molecule has 1 aliphatic heterocycles. The molecule has 0 aromatic rings. The number of hydrogen-bond donors (Lipinski definition) is 4. The fraction of sp³-hybridized carbons (Fsp3) is 0.923. The molecular weight excluding hydrogens is 248 g/mol. The summed E-state index contributed by atoms with van der Waals surface area (Å²) in [6.07, 6.45) is 0.865. The molecule has 0 radical (unpaired) electrons. The third kappa shape index (κ3) is 4.42. The van der Waals surface area contributed by atoms with Crippen LogP contribution >= 0.6 is 0 Å². The van der Waals surface area contributed by atoms with Crippen molar-refractivity contribution in [1.82, 2.24) is 10.6 Å². The Kier molecular flexibility index (Phi) is 6.71. The Bertz CT molecular complexity index is 288. The van der Waals surface area contributed by atoms with E-state index in [0.717, 1.165) is 12.8 Å². The van der Waals surface area contributed by atoms with Crippen LogP contribution in [0.2, 0.25) is 0 Å². The number of amides is 1. The molecule has 0 bridgehead atoms.